The Morgan fingerprint density at radius 1 is 1.09 bits per heavy atom. The van der Waals surface area contributed by atoms with Crippen molar-refractivity contribution in [1.29, 1.82) is 0 Å². The Balaban J connectivity index is 1.60. The molecule has 0 bridgehead atoms. The Hall–Kier alpha value is -2.64. The standard InChI is InChI=1S/C25H27NO4S2/c1-18-11-13-19(14-12-18)17-30-21-9-6-5-8-20(21)16-22-24(28)26(25(31)32-22)15-7-3-4-10-23(27)29-2/h5-6,8-9,11-14,16H,3-4,7,10,15,17H2,1-2H3/b22-16+. The fourth-order valence-electron chi connectivity index (χ4n) is 3.23. The van der Waals surface area contributed by atoms with Crippen molar-refractivity contribution < 1.29 is 19.1 Å². The third kappa shape index (κ3) is 6.68. The largest absolute Gasteiger partial charge is 0.488 e. The van der Waals surface area contributed by atoms with Crippen LogP contribution in [0.5, 0.6) is 5.75 Å². The second-order valence-electron chi connectivity index (χ2n) is 7.53. The maximum absolute atomic E-state index is 12.9. The summed E-state index contributed by atoms with van der Waals surface area (Å²) in [5.74, 6) is 0.435. The van der Waals surface area contributed by atoms with E-state index in [9.17, 15) is 9.59 Å². The minimum Gasteiger partial charge on any atom is -0.488 e. The second kappa shape index (κ2) is 11.8. The number of thiocarbonyl (C=S) groups is 1. The molecule has 2 aromatic carbocycles. The molecule has 0 aromatic heterocycles. The summed E-state index contributed by atoms with van der Waals surface area (Å²) in [5, 5.41) is 0. The number of benzene rings is 2. The molecule has 0 spiro atoms. The van der Waals surface area contributed by atoms with Crippen LogP contribution in [0.15, 0.2) is 53.4 Å². The molecule has 1 fully saturated rings. The Labute approximate surface area is 198 Å². The highest BCUT2D eigenvalue weighted by Crippen LogP contribution is 2.34. The van der Waals surface area contributed by atoms with Crippen LogP contribution < -0.4 is 4.74 Å². The first-order valence-corrected chi connectivity index (χ1v) is 11.8. The maximum Gasteiger partial charge on any atom is 0.305 e. The molecule has 0 radical (unpaired) electrons. The maximum atomic E-state index is 12.9. The molecule has 1 amide bonds. The van der Waals surface area contributed by atoms with Crippen molar-refractivity contribution in [3.63, 3.8) is 0 Å². The Morgan fingerprint density at radius 2 is 1.84 bits per heavy atom. The fraction of sp³-hybridized carbons (Fsp3) is 0.320. The van der Waals surface area contributed by atoms with Gasteiger partial charge in [-0.25, -0.2) is 0 Å². The zero-order valence-corrected chi connectivity index (χ0v) is 20.0. The van der Waals surface area contributed by atoms with Gasteiger partial charge in [0.15, 0.2) is 0 Å². The second-order valence-corrected chi connectivity index (χ2v) is 9.21. The van der Waals surface area contributed by atoms with Crippen LogP contribution in [0.2, 0.25) is 0 Å². The van der Waals surface area contributed by atoms with Gasteiger partial charge in [0.05, 0.1) is 12.0 Å². The lowest BCUT2D eigenvalue weighted by molar-refractivity contribution is -0.140. The monoisotopic (exact) mass is 469 g/mol. The van der Waals surface area contributed by atoms with Gasteiger partial charge in [-0.1, -0.05) is 78.4 Å². The van der Waals surface area contributed by atoms with E-state index in [1.165, 1.54) is 24.4 Å². The molecule has 0 atom stereocenters. The quantitative estimate of drug-likeness (QED) is 0.198. The number of amides is 1. The molecule has 0 aliphatic carbocycles. The number of para-hydroxylation sites is 1. The van der Waals surface area contributed by atoms with Crippen molar-refractivity contribution in [3.05, 3.63) is 70.1 Å². The number of carbonyl (C=O) groups excluding carboxylic acids is 2. The van der Waals surface area contributed by atoms with E-state index in [1.807, 2.05) is 42.5 Å². The summed E-state index contributed by atoms with van der Waals surface area (Å²) in [6.07, 6.45) is 4.60. The number of hydrogen-bond acceptors (Lipinski definition) is 6. The highest BCUT2D eigenvalue weighted by molar-refractivity contribution is 8.26. The summed E-state index contributed by atoms with van der Waals surface area (Å²) < 4.78 is 11.2. The van der Waals surface area contributed by atoms with Crippen molar-refractivity contribution >= 4 is 46.3 Å². The molecule has 32 heavy (non-hydrogen) atoms. The van der Waals surface area contributed by atoms with Crippen molar-refractivity contribution in [2.75, 3.05) is 13.7 Å². The molecule has 3 rings (SSSR count). The van der Waals surface area contributed by atoms with E-state index < -0.39 is 0 Å². The van der Waals surface area contributed by atoms with Crippen LogP contribution in [0.1, 0.15) is 42.4 Å². The van der Waals surface area contributed by atoms with E-state index in [4.69, 9.17) is 17.0 Å². The van der Waals surface area contributed by atoms with Crippen LogP contribution in [0, 0.1) is 6.92 Å². The molecule has 5 nitrogen and oxygen atoms in total. The predicted octanol–water partition coefficient (Wildman–Crippen LogP) is 5.51. The number of hydrogen-bond donors (Lipinski definition) is 0. The number of rotatable bonds is 10. The smallest absolute Gasteiger partial charge is 0.305 e. The van der Waals surface area contributed by atoms with Gasteiger partial charge in [0.25, 0.3) is 5.91 Å². The van der Waals surface area contributed by atoms with Gasteiger partial charge in [0.1, 0.15) is 16.7 Å². The summed E-state index contributed by atoms with van der Waals surface area (Å²) >= 11 is 6.74. The lowest BCUT2D eigenvalue weighted by Gasteiger charge is -2.14. The van der Waals surface area contributed by atoms with Crippen molar-refractivity contribution in [3.8, 4) is 5.75 Å². The van der Waals surface area contributed by atoms with Gasteiger partial charge in [-0.05, 0) is 37.5 Å². The van der Waals surface area contributed by atoms with Crippen molar-refractivity contribution in [2.24, 2.45) is 0 Å². The van der Waals surface area contributed by atoms with Crippen LogP contribution in [0.4, 0.5) is 0 Å². The Morgan fingerprint density at radius 3 is 2.59 bits per heavy atom. The van der Waals surface area contributed by atoms with Crippen LogP contribution in [-0.2, 0) is 20.9 Å². The molecule has 168 valence electrons. The van der Waals surface area contributed by atoms with E-state index >= 15 is 0 Å². The van der Waals surface area contributed by atoms with Crippen LogP contribution >= 0.6 is 24.0 Å². The van der Waals surface area contributed by atoms with Gasteiger partial charge in [-0.2, -0.15) is 0 Å². The first kappa shape index (κ1) is 24.0. The minimum atomic E-state index is -0.207. The Bertz CT molecular complexity index is 1000. The highest BCUT2D eigenvalue weighted by atomic mass is 32.2. The number of ether oxygens (including phenoxy) is 2. The summed E-state index contributed by atoms with van der Waals surface area (Å²) in [7, 11) is 1.39. The molecule has 0 unspecified atom stereocenters. The third-order valence-corrected chi connectivity index (χ3v) is 6.46. The molecule has 7 heteroatoms. The summed E-state index contributed by atoms with van der Waals surface area (Å²) in [4.78, 5) is 26.3. The first-order valence-electron chi connectivity index (χ1n) is 10.6. The molecule has 1 aliphatic heterocycles. The van der Waals surface area contributed by atoms with Crippen LogP contribution in [-0.4, -0.2) is 34.8 Å². The molecule has 1 heterocycles. The SMILES string of the molecule is COC(=O)CCCCCN1C(=O)/C(=C\c2ccccc2OCc2ccc(C)cc2)SC1=S. The number of nitrogens with zero attached hydrogens (tertiary/aromatic N) is 1. The average Bonchev–Trinajstić information content (AvgIpc) is 3.06. The predicted molar refractivity (Wildman–Crippen MR) is 132 cm³/mol. The average molecular weight is 470 g/mol. The lowest BCUT2D eigenvalue weighted by atomic mass is 10.1. The number of aryl methyl sites for hydroxylation is 1. The molecule has 2 aromatic rings. The normalized spacial score (nSPS) is 14.8. The molecular weight excluding hydrogens is 442 g/mol. The summed E-state index contributed by atoms with van der Waals surface area (Å²) in [6.45, 7) is 3.06. The topological polar surface area (TPSA) is 55.8 Å². The molecule has 1 aliphatic rings. The highest BCUT2D eigenvalue weighted by Gasteiger charge is 2.31. The van der Waals surface area contributed by atoms with Crippen LogP contribution in [0.3, 0.4) is 0 Å². The minimum absolute atomic E-state index is 0.0821. The van der Waals surface area contributed by atoms with Gasteiger partial charge >= 0.3 is 5.97 Å². The first-order chi connectivity index (χ1) is 15.5. The number of thioether (sulfide) groups is 1. The van der Waals surface area contributed by atoms with E-state index in [0.29, 0.717) is 28.8 Å². The van der Waals surface area contributed by atoms with Crippen molar-refractivity contribution in [1.82, 2.24) is 4.90 Å². The number of carbonyl (C=O) groups is 2. The van der Waals surface area contributed by atoms with E-state index in [1.54, 1.807) is 4.90 Å². The Kier molecular flexibility index (Phi) is 8.88. The fourth-order valence-corrected chi connectivity index (χ4v) is 4.53. The molecular formula is C25H27NO4S2. The number of unbranched alkanes of at least 4 members (excludes halogenated alkanes) is 2. The van der Waals surface area contributed by atoms with Crippen molar-refractivity contribution in [2.45, 2.75) is 39.2 Å². The van der Waals surface area contributed by atoms with Gasteiger partial charge in [-0.15, -0.1) is 0 Å². The van der Waals surface area contributed by atoms with Crippen LogP contribution in [0.25, 0.3) is 6.08 Å². The van der Waals surface area contributed by atoms with E-state index in [-0.39, 0.29) is 11.9 Å². The van der Waals surface area contributed by atoms with Gasteiger partial charge in [-0.3, -0.25) is 14.5 Å². The molecule has 1 saturated heterocycles. The lowest BCUT2D eigenvalue weighted by Crippen LogP contribution is -2.29. The zero-order valence-electron chi connectivity index (χ0n) is 18.3. The number of methoxy groups -OCH3 is 1. The third-order valence-electron chi connectivity index (χ3n) is 5.08. The molecule has 0 N–H and O–H groups in total. The van der Waals surface area contributed by atoms with E-state index in [0.717, 1.165) is 36.1 Å². The summed E-state index contributed by atoms with van der Waals surface area (Å²) in [5.41, 5.74) is 3.14. The molecule has 0 saturated carbocycles. The van der Waals surface area contributed by atoms with Gasteiger partial charge < -0.3 is 9.47 Å². The van der Waals surface area contributed by atoms with Gasteiger partial charge in [0, 0.05) is 18.5 Å². The summed E-state index contributed by atoms with van der Waals surface area (Å²) in [6, 6.07) is 15.9. The number of esters is 1. The van der Waals surface area contributed by atoms with Gasteiger partial charge in [0.2, 0.25) is 0 Å². The van der Waals surface area contributed by atoms with E-state index in [2.05, 4.69) is 23.8 Å². The zero-order chi connectivity index (χ0) is 22.9.